The second-order valence-electron chi connectivity index (χ2n) is 5.73. The maximum Gasteiger partial charge on any atom is 0.284 e. The molecule has 8 heteroatoms. The lowest BCUT2D eigenvalue weighted by molar-refractivity contribution is -0.115. The summed E-state index contributed by atoms with van der Waals surface area (Å²) in [7, 11) is -3.94. The fourth-order valence-electron chi connectivity index (χ4n) is 2.57. The quantitative estimate of drug-likeness (QED) is 0.688. The molecular formula is C19H13N3O3S2. The number of pyridine rings is 1. The molecule has 0 aliphatic carbocycles. The molecule has 1 aliphatic heterocycles. The number of nitrogens with one attached hydrogen (secondary N) is 1. The van der Waals surface area contributed by atoms with Crippen LogP contribution in [0, 0.1) is 0 Å². The van der Waals surface area contributed by atoms with Gasteiger partial charge in [0.2, 0.25) is 0 Å². The monoisotopic (exact) mass is 395 g/mol. The molecule has 0 saturated carbocycles. The van der Waals surface area contributed by atoms with E-state index in [1.807, 2.05) is 24.3 Å². The fraction of sp³-hybridized carbons (Fsp3) is 0. The van der Waals surface area contributed by atoms with Crippen LogP contribution >= 0.6 is 11.8 Å². The number of amides is 1. The van der Waals surface area contributed by atoms with Crippen molar-refractivity contribution >= 4 is 49.7 Å². The first-order chi connectivity index (χ1) is 13.0. The van der Waals surface area contributed by atoms with Crippen LogP contribution in [0.1, 0.15) is 5.56 Å². The molecule has 1 fully saturated rings. The summed E-state index contributed by atoms with van der Waals surface area (Å²) in [5, 5.41) is 4.27. The summed E-state index contributed by atoms with van der Waals surface area (Å²) in [6, 6.07) is 15.8. The largest absolute Gasteiger partial charge is 0.300 e. The molecule has 1 saturated heterocycles. The number of hydrogen-bond donors (Lipinski definition) is 1. The van der Waals surface area contributed by atoms with E-state index in [1.165, 1.54) is 6.07 Å². The highest BCUT2D eigenvalue weighted by atomic mass is 32.2. The molecule has 6 nitrogen and oxygen atoms in total. The molecule has 0 bridgehead atoms. The van der Waals surface area contributed by atoms with E-state index in [2.05, 4.69) is 14.7 Å². The Morgan fingerprint density at radius 1 is 1.04 bits per heavy atom. The normalized spacial score (nSPS) is 17.6. The van der Waals surface area contributed by atoms with E-state index >= 15 is 0 Å². The number of nitrogens with zero attached hydrogens (tertiary/aromatic N) is 2. The molecule has 2 aromatic carbocycles. The number of thioether (sulfide) groups is 1. The zero-order valence-electron chi connectivity index (χ0n) is 13.9. The lowest BCUT2D eigenvalue weighted by atomic mass is 10.1. The zero-order chi connectivity index (χ0) is 18.9. The first-order valence-corrected chi connectivity index (χ1v) is 10.2. The molecule has 27 heavy (non-hydrogen) atoms. The van der Waals surface area contributed by atoms with Crippen LogP contribution < -0.4 is 5.32 Å². The Bertz CT molecular complexity index is 1200. The van der Waals surface area contributed by atoms with Crippen LogP contribution in [0.5, 0.6) is 0 Å². The van der Waals surface area contributed by atoms with Crippen molar-refractivity contribution in [2.45, 2.75) is 4.90 Å². The van der Waals surface area contributed by atoms with E-state index in [9.17, 15) is 13.2 Å². The van der Waals surface area contributed by atoms with Crippen LogP contribution in [-0.4, -0.2) is 24.5 Å². The number of amidine groups is 1. The van der Waals surface area contributed by atoms with Gasteiger partial charge < -0.3 is 0 Å². The number of aromatic nitrogens is 1. The third-order valence-electron chi connectivity index (χ3n) is 3.85. The molecule has 134 valence electrons. The number of benzene rings is 2. The zero-order valence-corrected chi connectivity index (χ0v) is 15.5. The third kappa shape index (κ3) is 3.76. The molecule has 0 spiro atoms. The molecule has 1 aliphatic rings. The first-order valence-electron chi connectivity index (χ1n) is 7.96. The van der Waals surface area contributed by atoms with Crippen molar-refractivity contribution in [1.82, 2.24) is 10.3 Å². The van der Waals surface area contributed by atoms with Gasteiger partial charge in [0.05, 0.1) is 9.80 Å². The van der Waals surface area contributed by atoms with Crippen molar-refractivity contribution in [2.75, 3.05) is 0 Å². The van der Waals surface area contributed by atoms with Crippen molar-refractivity contribution in [3.05, 3.63) is 77.5 Å². The van der Waals surface area contributed by atoms with Gasteiger partial charge in [0.1, 0.15) is 0 Å². The Morgan fingerprint density at radius 3 is 2.63 bits per heavy atom. The molecule has 4 rings (SSSR count). The molecular weight excluding hydrogens is 382 g/mol. The lowest BCUT2D eigenvalue weighted by Gasteiger charge is -2.02. The first kappa shape index (κ1) is 17.4. The summed E-state index contributed by atoms with van der Waals surface area (Å²) < 4.78 is 29.0. The Labute approximate surface area is 160 Å². The third-order valence-corrected chi connectivity index (χ3v) is 6.15. The van der Waals surface area contributed by atoms with Gasteiger partial charge in [-0.2, -0.15) is 8.42 Å². The molecule has 1 N–H and O–H groups in total. The van der Waals surface area contributed by atoms with E-state index in [0.717, 1.165) is 28.1 Å². The lowest BCUT2D eigenvalue weighted by Crippen LogP contribution is -2.20. The molecule has 3 aromatic rings. The van der Waals surface area contributed by atoms with Crippen LogP contribution in [0.25, 0.3) is 16.8 Å². The smallest absolute Gasteiger partial charge is 0.284 e. The van der Waals surface area contributed by atoms with Gasteiger partial charge in [-0.3, -0.25) is 15.1 Å². The second-order valence-corrected chi connectivity index (χ2v) is 8.37. The minimum absolute atomic E-state index is 0.0308. The topological polar surface area (TPSA) is 88.5 Å². The van der Waals surface area contributed by atoms with Crippen LogP contribution in [0.3, 0.4) is 0 Å². The number of rotatable bonds is 3. The summed E-state index contributed by atoms with van der Waals surface area (Å²) >= 11 is 0.982. The average molecular weight is 395 g/mol. The maximum absolute atomic E-state index is 12.6. The van der Waals surface area contributed by atoms with Gasteiger partial charge >= 0.3 is 0 Å². The van der Waals surface area contributed by atoms with Crippen LogP contribution in [-0.2, 0) is 14.8 Å². The van der Waals surface area contributed by atoms with Crippen LogP contribution in [0.2, 0.25) is 0 Å². The molecule has 1 amide bonds. The second kappa shape index (κ2) is 6.98. The van der Waals surface area contributed by atoms with Crippen LogP contribution in [0.15, 0.2) is 81.2 Å². The average Bonchev–Trinajstić information content (AvgIpc) is 3.00. The highest BCUT2D eigenvalue weighted by molar-refractivity contribution is 8.19. The van der Waals surface area contributed by atoms with Gasteiger partial charge in [0, 0.05) is 12.4 Å². The van der Waals surface area contributed by atoms with E-state index in [0.29, 0.717) is 4.91 Å². The van der Waals surface area contributed by atoms with Gasteiger partial charge in [0.25, 0.3) is 15.9 Å². The number of sulfonamides is 1. The summed E-state index contributed by atoms with van der Waals surface area (Å²) in [4.78, 5) is 16.5. The summed E-state index contributed by atoms with van der Waals surface area (Å²) in [6.45, 7) is 0. The van der Waals surface area contributed by atoms with Gasteiger partial charge in [-0.15, -0.1) is 4.40 Å². The molecule has 2 heterocycles. The molecule has 0 unspecified atom stereocenters. The van der Waals surface area contributed by atoms with E-state index in [-0.39, 0.29) is 10.1 Å². The highest BCUT2D eigenvalue weighted by Gasteiger charge is 2.26. The van der Waals surface area contributed by atoms with Gasteiger partial charge in [-0.25, -0.2) is 0 Å². The minimum Gasteiger partial charge on any atom is -0.300 e. The minimum atomic E-state index is -3.94. The van der Waals surface area contributed by atoms with Crippen molar-refractivity contribution < 1.29 is 13.2 Å². The summed E-state index contributed by atoms with van der Waals surface area (Å²) in [6.07, 6.45) is 4.88. The standard InChI is InChI=1S/C19H13N3O3S2/c23-18-17(10-13-4-3-9-20-12-13)26-19(21-18)22-27(24,25)16-8-7-14-5-1-2-6-15(14)11-16/h1-12H,(H,21,22,23). The Kier molecular flexibility index (Phi) is 4.51. The summed E-state index contributed by atoms with van der Waals surface area (Å²) in [5.74, 6) is -0.392. The van der Waals surface area contributed by atoms with E-state index < -0.39 is 15.9 Å². The fourth-order valence-corrected chi connectivity index (χ4v) is 4.59. The van der Waals surface area contributed by atoms with Crippen molar-refractivity contribution in [3.63, 3.8) is 0 Å². The van der Waals surface area contributed by atoms with Gasteiger partial charge in [-0.05, 0) is 52.4 Å². The number of fused-ring (bicyclic) bond motifs is 1. The molecule has 0 atom stereocenters. The van der Waals surface area contributed by atoms with Crippen molar-refractivity contribution in [2.24, 2.45) is 4.40 Å². The van der Waals surface area contributed by atoms with E-state index in [4.69, 9.17) is 0 Å². The molecule has 1 aromatic heterocycles. The predicted molar refractivity (Wildman–Crippen MR) is 107 cm³/mol. The van der Waals surface area contributed by atoms with Crippen LogP contribution in [0.4, 0.5) is 0 Å². The maximum atomic E-state index is 12.6. The van der Waals surface area contributed by atoms with Crippen molar-refractivity contribution in [1.29, 1.82) is 0 Å². The van der Waals surface area contributed by atoms with E-state index in [1.54, 1.807) is 42.7 Å². The Morgan fingerprint density at radius 2 is 1.85 bits per heavy atom. The predicted octanol–water partition coefficient (Wildman–Crippen LogP) is 3.18. The SMILES string of the molecule is O=C1N/C(=N/S(=O)(=O)c2ccc3ccccc3c2)SC1=Cc1cccnc1. The van der Waals surface area contributed by atoms with Gasteiger partial charge in [-0.1, -0.05) is 36.4 Å². The van der Waals surface area contributed by atoms with Crippen molar-refractivity contribution in [3.8, 4) is 0 Å². The Hall–Kier alpha value is -2.97. The number of carbonyl (C=O) groups excluding carboxylic acids is 1. The summed E-state index contributed by atoms with van der Waals surface area (Å²) in [5.41, 5.74) is 0.744. The molecule has 0 radical (unpaired) electrons. The Balaban J connectivity index is 1.64. The highest BCUT2D eigenvalue weighted by Crippen LogP contribution is 2.28. The van der Waals surface area contributed by atoms with Gasteiger partial charge in [0.15, 0.2) is 5.17 Å². The number of carbonyl (C=O) groups is 1. The number of hydrogen-bond acceptors (Lipinski definition) is 5.